The predicted molar refractivity (Wildman–Crippen MR) is 135 cm³/mol. The average molecular weight is 552 g/mol. The van der Waals surface area contributed by atoms with Crippen molar-refractivity contribution in [1.82, 2.24) is 5.32 Å². The van der Waals surface area contributed by atoms with Crippen LogP contribution in [0.2, 0.25) is 0 Å². The van der Waals surface area contributed by atoms with E-state index in [2.05, 4.69) is 27.9 Å². The molecule has 33 heavy (non-hydrogen) atoms. The summed E-state index contributed by atoms with van der Waals surface area (Å²) in [7, 11) is 0. The molecule has 3 aromatic rings. The first-order chi connectivity index (χ1) is 15.8. The standard InChI is InChI=1S/C26H21IN2O4/c1-16-11-17(2)13-21(12-16)29-25(31)22(24(30)28-26(29)32)14-19-5-3-4-6-23(19)33-15-18-7-9-20(27)10-8-18/h3-14H,15H2,1-2H3,(H,28,30,32)/b22-14+. The lowest BCUT2D eigenvalue weighted by Crippen LogP contribution is -2.54. The number of rotatable bonds is 5. The van der Waals surface area contributed by atoms with Crippen molar-refractivity contribution in [1.29, 1.82) is 0 Å². The summed E-state index contributed by atoms with van der Waals surface area (Å²) in [5, 5.41) is 2.27. The minimum absolute atomic E-state index is 0.140. The summed E-state index contributed by atoms with van der Waals surface area (Å²) in [4.78, 5) is 39.3. The highest BCUT2D eigenvalue weighted by Gasteiger charge is 2.37. The molecule has 166 valence electrons. The van der Waals surface area contributed by atoms with E-state index in [0.717, 1.165) is 25.2 Å². The monoisotopic (exact) mass is 552 g/mol. The molecule has 4 rings (SSSR count). The number of nitrogens with one attached hydrogen (secondary N) is 1. The van der Waals surface area contributed by atoms with Gasteiger partial charge in [-0.05, 0) is 89.5 Å². The third kappa shape index (κ3) is 5.14. The maximum atomic E-state index is 13.2. The Kier molecular flexibility index (Phi) is 6.60. The minimum atomic E-state index is -0.768. The number of amides is 4. The molecular weight excluding hydrogens is 531 g/mol. The first-order valence-corrected chi connectivity index (χ1v) is 11.4. The van der Waals surface area contributed by atoms with Crippen LogP contribution in [-0.2, 0) is 16.2 Å². The summed E-state index contributed by atoms with van der Waals surface area (Å²) in [6.45, 7) is 4.10. The quantitative estimate of drug-likeness (QED) is 0.270. The number of benzene rings is 3. The number of aryl methyl sites for hydroxylation is 2. The highest BCUT2D eigenvalue weighted by Crippen LogP contribution is 2.27. The number of imide groups is 2. The lowest BCUT2D eigenvalue weighted by atomic mass is 10.0. The fourth-order valence-electron chi connectivity index (χ4n) is 3.60. The van der Waals surface area contributed by atoms with Crippen LogP contribution >= 0.6 is 22.6 Å². The molecule has 0 unspecified atom stereocenters. The first kappa shape index (κ1) is 22.7. The number of anilines is 1. The molecule has 0 aliphatic carbocycles. The molecule has 1 fully saturated rings. The Morgan fingerprint density at radius 2 is 1.61 bits per heavy atom. The fraction of sp³-hybridized carbons (Fsp3) is 0.115. The van der Waals surface area contributed by atoms with Gasteiger partial charge in [0.25, 0.3) is 11.8 Å². The number of urea groups is 1. The molecule has 1 aliphatic heterocycles. The normalized spacial score (nSPS) is 15.1. The van der Waals surface area contributed by atoms with Gasteiger partial charge in [0.15, 0.2) is 0 Å². The summed E-state index contributed by atoms with van der Waals surface area (Å²) in [6.07, 6.45) is 1.46. The Balaban J connectivity index is 1.65. The van der Waals surface area contributed by atoms with E-state index in [0.29, 0.717) is 23.6 Å². The maximum Gasteiger partial charge on any atom is 0.335 e. The van der Waals surface area contributed by atoms with Crippen LogP contribution < -0.4 is 15.0 Å². The van der Waals surface area contributed by atoms with Gasteiger partial charge in [-0.15, -0.1) is 0 Å². The van der Waals surface area contributed by atoms with Gasteiger partial charge in [0.2, 0.25) is 0 Å². The molecule has 0 aromatic heterocycles. The highest BCUT2D eigenvalue weighted by atomic mass is 127. The van der Waals surface area contributed by atoms with Gasteiger partial charge in [-0.3, -0.25) is 14.9 Å². The Morgan fingerprint density at radius 1 is 0.939 bits per heavy atom. The van der Waals surface area contributed by atoms with Crippen molar-refractivity contribution < 1.29 is 19.1 Å². The van der Waals surface area contributed by atoms with Crippen LogP contribution in [0.25, 0.3) is 6.08 Å². The molecule has 1 heterocycles. The molecule has 3 aromatic carbocycles. The van der Waals surface area contributed by atoms with Crippen molar-refractivity contribution in [2.45, 2.75) is 20.5 Å². The molecule has 1 N–H and O–H groups in total. The number of carbonyl (C=O) groups excluding carboxylic acids is 3. The Morgan fingerprint density at radius 3 is 2.30 bits per heavy atom. The molecular formula is C26H21IN2O4. The van der Waals surface area contributed by atoms with Crippen molar-refractivity contribution in [3.8, 4) is 5.75 Å². The number of halogens is 1. The van der Waals surface area contributed by atoms with Crippen molar-refractivity contribution in [3.63, 3.8) is 0 Å². The summed E-state index contributed by atoms with van der Waals surface area (Å²) in [6, 6.07) is 19.7. The molecule has 6 nitrogen and oxygen atoms in total. The maximum absolute atomic E-state index is 13.2. The molecule has 4 amide bonds. The molecule has 1 aliphatic rings. The Bertz CT molecular complexity index is 1260. The van der Waals surface area contributed by atoms with Gasteiger partial charge in [-0.2, -0.15) is 0 Å². The lowest BCUT2D eigenvalue weighted by molar-refractivity contribution is -0.122. The fourth-order valence-corrected chi connectivity index (χ4v) is 3.96. The number of nitrogens with zero attached hydrogens (tertiary/aromatic N) is 1. The smallest absolute Gasteiger partial charge is 0.335 e. The number of ether oxygens (including phenoxy) is 1. The van der Waals surface area contributed by atoms with Crippen LogP contribution in [0, 0.1) is 17.4 Å². The summed E-state index contributed by atoms with van der Waals surface area (Å²) < 4.78 is 7.10. The van der Waals surface area contributed by atoms with E-state index in [1.165, 1.54) is 6.08 Å². The van der Waals surface area contributed by atoms with E-state index in [1.807, 2.05) is 50.2 Å². The van der Waals surface area contributed by atoms with Gasteiger partial charge < -0.3 is 4.74 Å². The molecule has 0 bridgehead atoms. The van der Waals surface area contributed by atoms with Crippen LogP contribution in [-0.4, -0.2) is 17.8 Å². The average Bonchev–Trinajstić information content (AvgIpc) is 2.76. The Hall–Kier alpha value is -3.46. The van der Waals surface area contributed by atoms with Crippen LogP contribution in [0.1, 0.15) is 22.3 Å². The third-order valence-corrected chi connectivity index (χ3v) is 5.81. The van der Waals surface area contributed by atoms with Crippen molar-refractivity contribution >= 4 is 52.2 Å². The van der Waals surface area contributed by atoms with Crippen LogP contribution in [0.15, 0.2) is 72.3 Å². The molecule has 0 spiro atoms. The Labute approximate surface area is 205 Å². The van der Waals surface area contributed by atoms with Gasteiger partial charge >= 0.3 is 6.03 Å². The van der Waals surface area contributed by atoms with E-state index >= 15 is 0 Å². The molecule has 0 atom stereocenters. The topological polar surface area (TPSA) is 75.7 Å². The van der Waals surface area contributed by atoms with E-state index in [-0.39, 0.29) is 5.57 Å². The van der Waals surface area contributed by atoms with Gasteiger partial charge in [-0.25, -0.2) is 9.69 Å². The van der Waals surface area contributed by atoms with Crippen LogP contribution in [0.3, 0.4) is 0 Å². The number of hydrogen-bond donors (Lipinski definition) is 1. The van der Waals surface area contributed by atoms with Gasteiger partial charge in [0.05, 0.1) is 5.69 Å². The zero-order chi connectivity index (χ0) is 23.5. The molecule has 7 heteroatoms. The van der Waals surface area contributed by atoms with E-state index in [9.17, 15) is 14.4 Å². The summed E-state index contributed by atoms with van der Waals surface area (Å²) in [5.41, 5.74) is 3.65. The van der Waals surface area contributed by atoms with E-state index < -0.39 is 17.8 Å². The van der Waals surface area contributed by atoms with Crippen LogP contribution in [0.5, 0.6) is 5.75 Å². The van der Waals surface area contributed by atoms with E-state index in [1.54, 1.807) is 30.3 Å². The van der Waals surface area contributed by atoms with E-state index in [4.69, 9.17) is 4.74 Å². The first-order valence-electron chi connectivity index (χ1n) is 10.3. The van der Waals surface area contributed by atoms with Crippen LogP contribution in [0.4, 0.5) is 10.5 Å². The SMILES string of the molecule is Cc1cc(C)cc(N2C(=O)NC(=O)/C(=C\c3ccccc3OCc3ccc(I)cc3)C2=O)c1. The van der Waals surface area contributed by atoms with Gasteiger partial charge in [0.1, 0.15) is 17.9 Å². The minimum Gasteiger partial charge on any atom is -0.488 e. The van der Waals surface area contributed by atoms with Gasteiger partial charge in [0, 0.05) is 9.13 Å². The molecule has 0 saturated carbocycles. The highest BCUT2D eigenvalue weighted by molar-refractivity contribution is 14.1. The molecule has 1 saturated heterocycles. The number of carbonyl (C=O) groups is 3. The second kappa shape index (κ2) is 9.58. The second-order valence-corrected chi connectivity index (χ2v) is 9.00. The van der Waals surface area contributed by atoms with Crippen molar-refractivity contribution in [2.24, 2.45) is 0 Å². The van der Waals surface area contributed by atoms with Gasteiger partial charge in [-0.1, -0.05) is 36.4 Å². The number of hydrogen-bond acceptors (Lipinski definition) is 4. The van der Waals surface area contributed by atoms with Crippen molar-refractivity contribution in [2.75, 3.05) is 4.90 Å². The number of para-hydroxylation sites is 1. The third-order valence-electron chi connectivity index (χ3n) is 5.09. The zero-order valence-corrected chi connectivity index (χ0v) is 20.3. The second-order valence-electron chi connectivity index (χ2n) is 7.76. The largest absolute Gasteiger partial charge is 0.488 e. The summed E-state index contributed by atoms with van der Waals surface area (Å²) in [5.74, 6) is -0.891. The van der Waals surface area contributed by atoms with Crippen molar-refractivity contribution in [3.05, 3.63) is 98.1 Å². The molecule has 0 radical (unpaired) electrons. The zero-order valence-electron chi connectivity index (χ0n) is 18.1. The number of barbiturate groups is 1. The lowest BCUT2D eigenvalue weighted by Gasteiger charge is -2.27. The predicted octanol–water partition coefficient (Wildman–Crippen LogP) is 5.15. The summed E-state index contributed by atoms with van der Waals surface area (Å²) >= 11 is 2.24.